The lowest BCUT2D eigenvalue weighted by Crippen LogP contribution is -2.39. The number of likely N-dealkylation sites (tertiary alicyclic amines) is 1. The van der Waals surface area contributed by atoms with Crippen molar-refractivity contribution >= 4 is 17.6 Å². The minimum absolute atomic E-state index is 0.0709. The Labute approximate surface area is 171 Å². The molecule has 0 atom stereocenters. The van der Waals surface area contributed by atoms with Gasteiger partial charge in [-0.15, -0.1) is 0 Å². The fourth-order valence-electron chi connectivity index (χ4n) is 3.01. The molecule has 0 spiro atoms. The van der Waals surface area contributed by atoms with Crippen LogP contribution in [0.1, 0.15) is 38.2 Å². The Balaban J connectivity index is 1.82. The zero-order valence-electron chi connectivity index (χ0n) is 17.1. The van der Waals surface area contributed by atoms with E-state index in [1.807, 2.05) is 11.8 Å². The van der Waals surface area contributed by atoms with Crippen molar-refractivity contribution in [2.75, 3.05) is 39.4 Å². The third kappa shape index (κ3) is 8.47. The van der Waals surface area contributed by atoms with Gasteiger partial charge in [-0.1, -0.05) is 12.1 Å². The Morgan fingerprint density at radius 1 is 1.24 bits per heavy atom. The van der Waals surface area contributed by atoms with Gasteiger partial charge in [0.25, 0.3) is 5.69 Å². The molecular formula is C20H31N5O4. The van der Waals surface area contributed by atoms with Crippen molar-refractivity contribution in [2.24, 2.45) is 4.99 Å². The van der Waals surface area contributed by atoms with Gasteiger partial charge in [0.05, 0.1) is 11.5 Å². The molecule has 1 aliphatic heterocycles. The lowest BCUT2D eigenvalue weighted by atomic mass is 10.2. The van der Waals surface area contributed by atoms with E-state index in [2.05, 4.69) is 15.6 Å². The van der Waals surface area contributed by atoms with E-state index < -0.39 is 4.92 Å². The molecule has 1 amide bonds. The lowest BCUT2D eigenvalue weighted by molar-refractivity contribution is -0.384. The van der Waals surface area contributed by atoms with Gasteiger partial charge in [-0.25, -0.2) is 4.99 Å². The van der Waals surface area contributed by atoms with Crippen LogP contribution in [0.15, 0.2) is 29.3 Å². The van der Waals surface area contributed by atoms with Crippen LogP contribution in [0.25, 0.3) is 0 Å². The van der Waals surface area contributed by atoms with E-state index in [1.165, 1.54) is 12.1 Å². The first-order valence-electron chi connectivity index (χ1n) is 10.2. The Bertz CT molecular complexity index is 678. The molecule has 29 heavy (non-hydrogen) atoms. The zero-order valence-corrected chi connectivity index (χ0v) is 17.1. The van der Waals surface area contributed by atoms with Gasteiger partial charge in [-0.3, -0.25) is 14.9 Å². The third-order valence-corrected chi connectivity index (χ3v) is 4.60. The van der Waals surface area contributed by atoms with Crippen molar-refractivity contribution in [1.82, 2.24) is 15.5 Å². The SMILES string of the molecule is CCOCCCNC(=NCc1ccc([N+](=O)[O-])cc1)NCCCN1CCCC1=O. The van der Waals surface area contributed by atoms with Crippen LogP contribution < -0.4 is 10.6 Å². The summed E-state index contributed by atoms with van der Waals surface area (Å²) in [6, 6.07) is 6.40. The highest BCUT2D eigenvalue weighted by Gasteiger charge is 2.18. The number of hydrogen-bond donors (Lipinski definition) is 2. The number of aliphatic imine (C=N–C) groups is 1. The molecule has 0 unspecified atom stereocenters. The fraction of sp³-hybridized carbons (Fsp3) is 0.600. The van der Waals surface area contributed by atoms with E-state index in [0.717, 1.165) is 44.5 Å². The van der Waals surface area contributed by atoms with Crippen LogP contribution in [0, 0.1) is 10.1 Å². The van der Waals surface area contributed by atoms with E-state index >= 15 is 0 Å². The summed E-state index contributed by atoms with van der Waals surface area (Å²) in [7, 11) is 0. The molecule has 0 bridgehead atoms. The van der Waals surface area contributed by atoms with Crippen LogP contribution in [-0.2, 0) is 16.1 Å². The van der Waals surface area contributed by atoms with Crippen molar-refractivity contribution in [3.63, 3.8) is 0 Å². The Morgan fingerprint density at radius 2 is 1.97 bits per heavy atom. The summed E-state index contributed by atoms with van der Waals surface area (Å²) in [5.74, 6) is 0.929. The molecule has 1 fully saturated rings. The number of ether oxygens (including phenoxy) is 1. The first-order chi connectivity index (χ1) is 14.1. The van der Waals surface area contributed by atoms with Crippen LogP contribution in [-0.4, -0.2) is 61.1 Å². The van der Waals surface area contributed by atoms with Gasteiger partial charge in [0.2, 0.25) is 5.91 Å². The van der Waals surface area contributed by atoms with E-state index in [1.54, 1.807) is 12.1 Å². The van der Waals surface area contributed by atoms with Gasteiger partial charge in [-0.05, 0) is 31.7 Å². The maximum Gasteiger partial charge on any atom is 0.269 e. The second-order valence-corrected chi connectivity index (χ2v) is 6.83. The Kier molecular flexibility index (Phi) is 9.91. The highest BCUT2D eigenvalue weighted by Crippen LogP contribution is 2.12. The van der Waals surface area contributed by atoms with Crippen molar-refractivity contribution in [1.29, 1.82) is 0 Å². The molecule has 160 valence electrons. The van der Waals surface area contributed by atoms with Crippen molar-refractivity contribution < 1.29 is 14.5 Å². The monoisotopic (exact) mass is 405 g/mol. The molecule has 1 heterocycles. The van der Waals surface area contributed by atoms with Crippen molar-refractivity contribution in [3.05, 3.63) is 39.9 Å². The van der Waals surface area contributed by atoms with E-state index in [9.17, 15) is 14.9 Å². The number of nitro groups is 1. The number of rotatable bonds is 12. The summed E-state index contributed by atoms with van der Waals surface area (Å²) < 4.78 is 5.35. The van der Waals surface area contributed by atoms with E-state index in [4.69, 9.17) is 4.74 Å². The maximum atomic E-state index is 11.7. The second kappa shape index (κ2) is 12.7. The first-order valence-corrected chi connectivity index (χ1v) is 10.2. The summed E-state index contributed by atoms with van der Waals surface area (Å²) >= 11 is 0. The zero-order chi connectivity index (χ0) is 20.9. The van der Waals surface area contributed by atoms with Crippen molar-refractivity contribution in [3.8, 4) is 0 Å². The number of carbonyl (C=O) groups is 1. The molecule has 0 aliphatic carbocycles. The van der Waals surface area contributed by atoms with Gasteiger partial charge in [0.1, 0.15) is 0 Å². The van der Waals surface area contributed by atoms with E-state index in [-0.39, 0.29) is 11.6 Å². The first kappa shape index (κ1) is 22.6. The minimum atomic E-state index is -0.412. The van der Waals surface area contributed by atoms with Gasteiger partial charge in [0.15, 0.2) is 5.96 Å². The summed E-state index contributed by atoms with van der Waals surface area (Å²) in [4.78, 5) is 28.5. The molecule has 2 rings (SSSR count). The minimum Gasteiger partial charge on any atom is -0.382 e. The molecule has 2 N–H and O–H groups in total. The molecular weight excluding hydrogens is 374 g/mol. The Hall–Kier alpha value is -2.68. The number of benzene rings is 1. The smallest absolute Gasteiger partial charge is 0.269 e. The van der Waals surface area contributed by atoms with Crippen LogP contribution in [0.3, 0.4) is 0 Å². The highest BCUT2D eigenvalue weighted by molar-refractivity contribution is 5.80. The predicted molar refractivity (Wildman–Crippen MR) is 112 cm³/mol. The number of nitrogens with one attached hydrogen (secondary N) is 2. The summed E-state index contributed by atoms with van der Waals surface area (Å²) in [5.41, 5.74) is 0.968. The molecule has 1 aliphatic rings. The summed E-state index contributed by atoms with van der Waals surface area (Å²) in [5, 5.41) is 17.3. The number of nitro benzene ring substituents is 1. The predicted octanol–water partition coefficient (Wildman–Crippen LogP) is 2.07. The normalized spacial score (nSPS) is 14.3. The number of amides is 1. The van der Waals surface area contributed by atoms with Gasteiger partial charge in [0, 0.05) is 57.9 Å². The van der Waals surface area contributed by atoms with Gasteiger partial charge in [-0.2, -0.15) is 0 Å². The molecule has 9 nitrogen and oxygen atoms in total. The van der Waals surface area contributed by atoms with Crippen LogP contribution in [0.4, 0.5) is 5.69 Å². The third-order valence-electron chi connectivity index (χ3n) is 4.60. The molecule has 1 aromatic carbocycles. The molecule has 9 heteroatoms. The largest absolute Gasteiger partial charge is 0.382 e. The molecule has 0 saturated carbocycles. The topological polar surface area (TPSA) is 109 Å². The second-order valence-electron chi connectivity index (χ2n) is 6.83. The maximum absolute atomic E-state index is 11.7. The molecule has 0 aromatic heterocycles. The standard InChI is InChI=1S/C20H31N5O4/c1-2-29-15-5-12-22-20(21-11-4-14-24-13-3-6-19(24)26)23-16-17-7-9-18(10-8-17)25(27)28/h7-10H,2-6,11-16H2,1H3,(H2,21,22,23). The van der Waals surface area contributed by atoms with Crippen LogP contribution >= 0.6 is 0 Å². The average Bonchev–Trinajstić information content (AvgIpc) is 3.13. The number of carbonyl (C=O) groups excluding carboxylic acids is 1. The van der Waals surface area contributed by atoms with Crippen molar-refractivity contribution in [2.45, 2.75) is 39.2 Å². The summed E-state index contributed by atoms with van der Waals surface area (Å²) in [6.45, 7) is 6.84. The highest BCUT2D eigenvalue weighted by atomic mass is 16.6. The average molecular weight is 405 g/mol. The quantitative estimate of drug-likeness (QED) is 0.181. The Morgan fingerprint density at radius 3 is 2.59 bits per heavy atom. The number of hydrogen-bond acceptors (Lipinski definition) is 5. The van der Waals surface area contributed by atoms with Gasteiger partial charge < -0.3 is 20.3 Å². The number of non-ortho nitro benzene ring substituents is 1. The molecule has 0 radical (unpaired) electrons. The fourth-order valence-corrected chi connectivity index (χ4v) is 3.01. The van der Waals surface area contributed by atoms with Crippen LogP contribution in [0.2, 0.25) is 0 Å². The number of nitrogens with zero attached hydrogens (tertiary/aromatic N) is 3. The molecule has 1 saturated heterocycles. The number of guanidine groups is 1. The molecule has 1 aromatic rings. The van der Waals surface area contributed by atoms with Crippen LogP contribution in [0.5, 0.6) is 0 Å². The van der Waals surface area contributed by atoms with E-state index in [0.29, 0.717) is 38.7 Å². The van der Waals surface area contributed by atoms with Gasteiger partial charge >= 0.3 is 0 Å². The lowest BCUT2D eigenvalue weighted by Gasteiger charge is -2.17. The summed E-state index contributed by atoms with van der Waals surface area (Å²) in [6.07, 6.45) is 3.34.